The Kier molecular flexibility index (Phi) is 16.3. The van der Waals surface area contributed by atoms with Gasteiger partial charge in [0.05, 0.1) is 12.4 Å². The van der Waals surface area contributed by atoms with E-state index in [1.807, 2.05) is 0 Å². The van der Waals surface area contributed by atoms with Crippen LogP contribution < -0.4 is 10.2 Å². The Morgan fingerprint density at radius 2 is 0.872 bits per heavy atom. The summed E-state index contributed by atoms with van der Waals surface area (Å²) >= 11 is 0. The van der Waals surface area contributed by atoms with Crippen LogP contribution in [-0.2, 0) is 16.5 Å². The first-order valence-electron chi connectivity index (χ1n) is 10.4. The first-order valence-corrected chi connectivity index (χ1v) is 10.4. The monoisotopic (exact) mass is 578 g/mol. The molecule has 0 aliphatic heterocycles. The molecule has 10 nitrogen and oxygen atoms in total. The molecule has 0 saturated heterocycles. The van der Waals surface area contributed by atoms with Gasteiger partial charge < -0.3 is 21.2 Å². The summed E-state index contributed by atoms with van der Waals surface area (Å²) in [6, 6.07) is 17.7. The molecule has 0 bridgehead atoms. The number of benzene rings is 2. The van der Waals surface area contributed by atoms with Crippen LogP contribution in [0.1, 0.15) is 22.3 Å². The van der Waals surface area contributed by atoms with E-state index in [0.717, 1.165) is 0 Å². The second-order valence-corrected chi connectivity index (χ2v) is 6.87. The van der Waals surface area contributed by atoms with Gasteiger partial charge in [0.25, 0.3) is 0 Å². The van der Waals surface area contributed by atoms with E-state index in [0.29, 0.717) is 22.3 Å². The van der Waals surface area contributed by atoms with E-state index >= 15 is 0 Å². The third-order valence-electron chi connectivity index (χ3n) is 4.31. The van der Waals surface area contributed by atoms with Crippen LogP contribution in [0.25, 0.3) is 0 Å². The summed E-state index contributed by atoms with van der Waals surface area (Å²) in [5, 5.41) is 37.4. The third kappa shape index (κ3) is 12.4. The molecule has 13 heteroatoms. The number of hydrogen-bond donors (Lipinski definition) is 0. The van der Waals surface area contributed by atoms with Crippen LogP contribution in [0.5, 0.6) is 0 Å². The van der Waals surface area contributed by atoms with Crippen molar-refractivity contribution in [1.29, 1.82) is 0 Å². The van der Waals surface area contributed by atoms with E-state index in [4.69, 9.17) is 0 Å². The molecular formula is C26H22F2N6NiO4. The number of hydrogen-bond acceptors (Lipinski definition) is 8. The van der Waals surface area contributed by atoms with Gasteiger partial charge in [0, 0.05) is 36.6 Å². The van der Waals surface area contributed by atoms with Crippen molar-refractivity contribution in [3.05, 3.63) is 131 Å². The molecule has 0 aliphatic rings. The van der Waals surface area contributed by atoms with Gasteiger partial charge in [-0.15, -0.1) is 0 Å². The van der Waals surface area contributed by atoms with Crippen LogP contribution in [0.4, 0.5) is 8.78 Å². The van der Waals surface area contributed by atoms with Gasteiger partial charge in [0.1, 0.15) is 11.6 Å². The summed E-state index contributed by atoms with van der Waals surface area (Å²) < 4.78 is 25.3. The van der Waals surface area contributed by atoms with E-state index in [9.17, 15) is 19.0 Å². The fraction of sp³-hybridized carbons (Fsp3) is 0. The van der Waals surface area contributed by atoms with E-state index in [-0.39, 0.29) is 39.1 Å². The third-order valence-corrected chi connectivity index (χ3v) is 4.31. The summed E-state index contributed by atoms with van der Waals surface area (Å²) in [5.41, 5.74) is 2.17. The van der Waals surface area contributed by atoms with Crippen molar-refractivity contribution >= 4 is 24.2 Å². The average Bonchev–Trinajstić information content (AvgIpc) is 2.92. The quantitative estimate of drug-likeness (QED) is 0.143. The number of nitrogens with zero attached hydrogens (tertiary/aromatic N) is 6. The van der Waals surface area contributed by atoms with Gasteiger partial charge in [-0.25, -0.2) is 8.78 Å². The van der Waals surface area contributed by atoms with E-state index in [1.54, 1.807) is 48.5 Å². The van der Waals surface area contributed by atoms with Gasteiger partial charge in [0.15, 0.2) is 0 Å². The molecule has 2 aromatic heterocycles. The number of aromatic nitrogens is 2. The zero-order valence-corrected chi connectivity index (χ0v) is 21.0. The molecule has 0 aliphatic carbocycles. The molecule has 2 aromatic carbocycles. The number of rotatable bonds is 6. The van der Waals surface area contributed by atoms with Crippen molar-refractivity contribution in [3.63, 3.8) is 0 Å². The summed E-state index contributed by atoms with van der Waals surface area (Å²) in [7, 11) is 0. The molecule has 4 aromatic rings. The Bertz CT molecular complexity index is 1250. The standard InChI is InChI=1S/2C13H10FN3O.Ni.2H2O/c2*14-12-3-1-10(2-4-12)9-16-17-13(18)11-5-7-15-8-6-11;;;/h2*1-9H,(H,17,18);;2*1H2/q;;+2;;/p-2/b2*16-9+;;;. The minimum absolute atomic E-state index is 0. The molecule has 0 saturated carbocycles. The Morgan fingerprint density at radius 3 is 1.18 bits per heavy atom. The summed E-state index contributed by atoms with van der Waals surface area (Å²) in [5.74, 6) is -1.54. The average molecular weight is 579 g/mol. The molecule has 204 valence electrons. The molecule has 0 fully saturated rings. The van der Waals surface area contributed by atoms with Crippen molar-refractivity contribution in [2.45, 2.75) is 0 Å². The van der Waals surface area contributed by atoms with Crippen LogP contribution in [0, 0.1) is 11.6 Å². The molecule has 0 amide bonds. The van der Waals surface area contributed by atoms with Crippen LogP contribution in [0.3, 0.4) is 0 Å². The van der Waals surface area contributed by atoms with Gasteiger partial charge in [-0.05, 0) is 70.8 Å². The Morgan fingerprint density at radius 1 is 0.564 bits per heavy atom. The maximum absolute atomic E-state index is 12.6. The zero-order chi connectivity index (χ0) is 25.6. The smallest absolute Gasteiger partial charge is 0.857 e. The second-order valence-electron chi connectivity index (χ2n) is 6.87. The molecule has 4 N–H and O–H groups in total. The van der Waals surface area contributed by atoms with Crippen molar-refractivity contribution in [2.24, 2.45) is 20.4 Å². The van der Waals surface area contributed by atoms with Crippen molar-refractivity contribution < 1.29 is 46.4 Å². The van der Waals surface area contributed by atoms with Gasteiger partial charge in [-0.1, -0.05) is 24.3 Å². The normalized spacial score (nSPS) is 11.0. The van der Waals surface area contributed by atoms with Crippen LogP contribution >= 0.6 is 0 Å². The van der Waals surface area contributed by atoms with Crippen LogP contribution in [-0.4, -0.2) is 45.1 Å². The molecule has 39 heavy (non-hydrogen) atoms. The molecule has 0 spiro atoms. The van der Waals surface area contributed by atoms with Crippen molar-refractivity contribution in [1.82, 2.24) is 9.97 Å². The topological polar surface area (TPSA) is 184 Å². The summed E-state index contributed by atoms with van der Waals surface area (Å²) in [6.45, 7) is 0. The Hall–Kier alpha value is -4.71. The first-order chi connectivity index (χ1) is 17.5. The summed E-state index contributed by atoms with van der Waals surface area (Å²) in [6.07, 6.45) is 8.80. The van der Waals surface area contributed by atoms with Crippen LogP contribution in [0.15, 0.2) is 118 Å². The molecule has 4 rings (SSSR count). The number of halogens is 2. The molecule has 0 radical (unpaired) electrons. The fourth-order valence-electron chi connectivity index (χ4n) is 2.50. The minimum Gasteiger partial charge on any atom is -0.857 e. The zero-order valence-electron chi connectivity index (χ0n) is 20.0. The van der Waals surface area contributed by atoms with E-state index in [1.165, 1.54) is 61.5 Å². The predicted molar refractivity (Wildman–Crippen MR) is 137 cm³/mol. The van der Waals surface area contributed by atoms with Crippen molar-refractivity contribution in [2.75, 3.05) is 0 Å². The molecule has 0 unspecified atom stereocenters. The van der Waals surface area contributed by atoms with E-state index < -0.39 is 11.8 Å². The van der Waals surface area contributed by atoms with Gasteiger partial charge in [0.2, 0.25) is 0 Å². The largest absolute Gasteiger partial charge is 2.00 e. The Labute approximate surface area is 232 Å². The maximum Gasteiger partial charge on any atom is 2.00 e. The van der Waals surface area contributed by atoms with E-state index in [2.05, 4.69) is 30.4 Å². The second kappa shape index (κ2) is 18.5. The Balaban J connectivity index is 0.000000688. The molecular weight excluding hydrogens is 557 g/mol. The predicted octanol–water partition coefficient (Wildman–Crippen LogP) is 1.07. The first kappa shape index (κ1) is 34.3. The number of pyridine rings is 2. The van der Waals surface area contributed by atoms with Crippen molar-refractivity contribution in [3.8, 4) is 0 Å². The van der Waals surface area contributed by atoms with Gasteiger partial charge >= 0.3 is 16.5 Å². The molecule has 0 atom stereocenters. The fourth-order valence-corrected chi connectivity index (χ4v) is 2.50. The van der Waals surface area contributed by atoms with Crippen LogP contribution in [0.2, 0.25) is 0 Å². The maximum atomic E-state index is 12.6. The van der Waals surface area contributed by atoms with Gasteiger partial charge in [-0.3, -0.25) is 9.97 Å². The van der Waals surface area contributed by atoms with Gasteiger partial charge in [-0.2, -0.15) is 20.4 Å². The SMILES string of the molecule is O.O.[Ni+2].[O-]/C(=N\N=C\c1ccc(F)cc1)c1ccncc1.[O-]/C(=N\N=C\c1ccc(F)cc1)c1ccncc1. The summed E-state index contributed by atoms with van der Waals surface area (Å²) in [4.78, 5) is 7.59. The molecule has 2 heterocycles. The minimum atomic E-state index is -0.448.